The number of unbranched alkanes of at least 4 members (excludes halogenated alkanes) is 2. The predicted molar refractivity (Wildman–Crippen MR) is 61.5 cm³/mol. The highest BCUT2D eigenvalue weighted by Gasteiger charge is 1.98. The van der Waals surface area contributed by atoms with Gasteiger partial charge in [-0.3, -0.25) is 9.59 Å². The molecule has 0 aliphatic heterocycles. The summed E-state index contributed by atoms with van der Waals surface area (Å²) in [5.74, 6) is -1.64. The molecular formula is C11H22O6. The molecule has 4 N–H and O–H groups in total. The van der Waals surface area contributed by atoms with Crippen LogP contribution in [0.2, 0.25) is 0 Å². The second kappa shape index (κ2) is 12.9. The molecule has 0 spiro atoms. The standard InChI is InChI=1S/C7H12O4.C4H10O2/c8-6(9)4-2-1-3-5-7(10)11;1-2-3-4(5)6/h1-5H2,(H,8,9)(H,10,11);4-6H,2-3H2,1H3. The fraction of sp³-hybridized carbons (Fsp3) is 0.818. The first-order valence-corrected chi connectivity index (χ1v) is 5.69. The molecule has 0 unspecified atom stereocenters. The highest BCUT2D eigenvalue weighted by molar-refractivity contribution is 5.67. The van der Waals surface area contributed by atoms with E-state index in [-0.39, 0.29) is 12.8 Å². The third-order valence-electron chi connectivity index (χ3n) is 1.83. The van der Waals surface area contributed by atoms with Crippen molar-refractivity contribution in [3.05, 3.63) is 0 Å². The normalized spacial score (nSPS) is 9.65. The predicted octanol–water partition coefficient (Wildman–Crippen LogP) is 1.20. The summed E-state index contributed by atoms with van der Waals surface area (Å²) in [7, 11) is 0. The Morgan fingerprint density at radius 2 is 1.35 bits per heavy atom. The second-order valence-corrected chi connectivity index (χ2v) is 3.62. The average Bonchev–Trinajstić information content (AvgIpc) is 2.16. The Labute approximate surface area is 101 Å². The van der Waals surface area contributed by atoms with E-state index in [1.807, 2.05) is 6.92 Å². The molecule has 102 valence electrons. The van der Waals surface area contributed by atoms with Gasteiger partial charge >= 0.3 is 11.9 Å². The van der Waals surface area contributed by atoms with Crippen molar-refractivity contribution in [1.82, 2.24) is 0 Å². The van der Waals surface area contributed by atoms with Crippen molar-refractivity contribution in [2.45, 2.75) is 58.2 Å². The Hall–Kier alpha value is -1.14. The van der Waals surface area contributed by atoms with Crippen LogP contribution in [0.15, 0.2) is 0 Å². The Morgan fingerprint density at radius 3 is 1.53 bits per heavy atom. The maximum absolute atomic E-state index is 9.98. The number of carbonyl (C=O) groups is 2. The van der Waals surface area contributed by atoms with Crippen molar-refractivity contribution in [3.8, 4) is 0 Å². The number of aliphatic hydroxyl groups is 2. The van der Waals surface area contributed by atoms with Crippen LogP contribution in [0.3, 0.4) is 0 Å². The van der Waals surface area contributed by atoms with Crippen LogP contribution in [0.5, 0.6) is 0 Å². The van der Waals surface area contributed by atoms with Crippen LogP contribution in [0.1, 0.15) is 51.9 Å². The molecule has 0 bridgehead atoms. The summed E-state index contributed by atoms with van der Waals surface area (Å²) < 4.78 is 0. The lowest BCUT2D eigenvalue weighted by atomic mass is 10.1. The highest BCUT2D eigenvalue weighted by atomic mass is 16.5. The molecule has 0 radical (unpaired) electrons. The average molecular weight is 250 g/mol. The molecule has 17 heavy (non-hydrogen) atoms. The first-order valence-electron chi connectivity index (χ1n) is 5.69. The molecular weight excluding hydrogens is 228 g/mol. The molecule has 0 aromatic rings. The highest BCUT2D eigenvalue weighted by Crippen LogP contribution is 2.02. The van der Waals surface area contributed by atoms with E-state index in [0.29, 0.717) is 25.7 Å². The maximum Gasteiger partial charge on any atom is 0.303 e. The summed E-state index contributed by atoms with van der Waals surface area (Å²) in [4.78, 5) is 20.0. The molecule has 0 heterocycles. The second-order valence-electron chi connectivity index (χ2n) is 3.62. The fourth-order valence-electron chi connectivity index (χ4n) is 0.987. The number of hydrogen-bond donors (Lipinski definition) is 4. The zero-order valence-electron chi connectivity index (χ0n) is 10.1. The summed E-state index contributed by atoms with van der Waals surface area (Å²) in [6, 6.07) is 0. The van der Waals surface area contributed by atoms with Crippen LogP contribution in [0.25, 0.3) is 0 Å². The number of rotatable bonds is 8. The van der Waals surface area contributed by atoms with Gasteiger partial charge in [-0.1, -0.05) is 19.8 Å². The first kappa shape index (κ1) is 18.2. The van der Waals surface area contributed by atoms with E-state index in [0.717, 1.165) is 6.42 Å². The van der Waals surface area contributed by atoms with Gasteiger partial charge in [-0.05, 0) is 19.3 Å². The van der Waals surface area contributed by atoms with Crippen LogP contribution in [-0.2, 0) is 9.59 Å². The van der Waals surface area contributed by atoms with Gasteiger partial charge in [0.15, 0.2) is 6.29 Å². The van der Waals surface area contributed by atoms with E-state index in [2.05, 4.69) is 0 Å². The number of aliphatic carboxylic acids is 2. The van der Waals surface area contributed by atoms with Crippen LogP contribution >= 0.6 is 0 Å². The smallest absolute Gasteiger partial charge is 0.303 e. The molecule has 0 atom stereocenters. The summed E-state index contributed by atoms with van der Waals surface area (Å²) in [5, 5.41) is 32.6. The van der Waals surface area contributed by atoms with Crippen molar-refractivity contribution in [2.75, 3.05) is 0 Å². The third kappa shape index (κ3) is 25.3. The molecule has 0 amide bonds. The monoisotopic (exact) mass is 250 g/mol. The minimum atomic E-state index is -1.10. The molecule has 6 heteroatoms. The van der Waals surface area contributed by atoms with Gasteiger partial charge < -0.3 is 20.4 Å². The van der Waals surface area contributed by atoms with Crippen molar-refractivity contribution < 1.29 is 30.0 Å². The van der Waals surface area contributed by atoms with Crippen LogP contribution in [-0.4, -0.2) is 38.7 Å². The summed E-state index contributed by atoms with van der Waals surface area (Å²) in [6.07, 6.45) is 2.32. The van der Waals surface area contributed by atoms with Crippen molar-refractivity contribution in [3.63, 3.8) is 0 Å². The van der Waals surface area contributed by atoms with Crippen LogP contribution < -0.4 is 0 Å². The molecule has 0 rings (SSSR count). The Morgan fingerprint density at radius 1 is 0.941 bits per heavy atom. The fourth-order valence-corrected chi connectivity index (χ4v) is 0.987. The molecule has 0 aliphatic rings. The number of aliphatic hydroxyl groups excluding tert-OH is 1. The van der Waals surface area contributed by atoms with E-state index in [1.54, 1.807) is 0 Å². The lowest BCUT2D eigenvalue weighted by Crippen LogP contribution is -2.01. The van der Waals surface area contributed by atoms with Gasteiger partial charge in [0.1, 0.15) is 0 Å². The molecule has 0 fully saturated rings. The SMILES string of the molecule is CCCC(O)O.O=C(O)CCCCCC(=O)O. The topological polar surface area (TPSA) is 115 Å². The van der Waals surface area contributed by atoms with E-state index in [4.69, 9.17) is 20.4 Å². The molecule has 0 aromatic heterocycles. The Kier molecular flexibility index (Phi) is 13.9. The quantitative estimate of drug-likeness (QED) is 0.380. The Balaban J connectivity index is 0. The first-order chi connectivity index (χ1) is 7.90. The third-order valence-corrected chi connectivity index (χ3v) is 1.83. The van der Waals surface area contributed by atoms with Crippen molar-refractivity contribution in [2.24, 2.45) is 0 Å². The lowest BCUT2D eigenvalue weighted by molar-refractivity contribution is -0.137. The van der Waals surface area contributed by atoms with Gasteiger partial charge in [-0.15, -0.1) is 0 Å². The van der Waals surface area contributed by atoms with E-state index in [9.17, 15) is 9.59 Å². The zero-order valence-corrected chi connectivity index (χ0v) is 10.1. The maximum atomic E-state index is 9.98. The van der Waals surface area contributed by atoms with E-state index >= 15 is 0 Å². The van der Waals surface area contributed by atoms with Gasteiger partial charge in [0.05, 0.1) is 0 Å². The largest absolute Gasteiger partial charge is 0.481 e. The molecule has 0 aliphatic carbocycles. The van der Waals surface area contributed by atoms with Crippen LogP contribution in [0.4, 0.5) is 0 Å². The summed E-state index contributed by atoms with van der Waals surface area (Å²) >= 11 is 0. The minimum Gasteiger partial charge on any atom is -0.481 e. The van der Waals surface area contributed by atoms with E-state index in [1.165, 1.54) is 0 Å². The molecule has 6 nitrogen and oxygen atoms in total. The molecule has 0 aromatic carbocycles. The van der Waals surface area contributed by atoms with Crippen LogP contribution in [0, 0.1) is 0 Å². The van der Waals surface area contributed by atoms with Gasteiger partial charge in [0.2, 0.25) is 0 Å². The van der Waals surface area contributed by atoms with Gasteiger partial charge in [-0.2, -0.15) is 0 Å². The van der Waals surface area contributed by atoms with Gasteiger partial charge in [0, 0.05) is 12.8 Å². The van der Waals surface area contributed by atoms with Gasteiger partial charge in [-0.25, -0.2) is 0 Å². The van der Waals surface area contributed by atoms with Crippen molar-refractivity contribution >= 4 is 11.9 Å². The summed E-state index contributed by atoms with van der Waals surface area (Å²) in [5.41, 5.74) is 0. The van der Waals surface area contributed by atoms with E-state index < -0.39 is 18.2 Å². The Bertz CT molecular complexity index is 186. The number of carboxylic acids is 2. The zero-order chi connectivity index (χ0) is 13.7. The summed E-state index contributed by atoms with van der Waals surface area (Å²) in [6.45, 7) is 1.90. The molecule has 0 saturated heterocycles. The minimum absolute atomic E-state index is 0.139. The number of hydrogen-bond acceptors (Lipinski definition) is 4. The van der Waals surface area contributed by atoms with Gasteiger partial charge in [0.25, 0.3) is 0 Å². The number of carboxylic acid groups (broad SMARTS) is 2. The lowest BCUT2D eigenvalue weighted by Gasteiger charge is -1.94. The molecule has 0 saturated carbocycles. The van der Waals surface area contributed by atoms with Crippen molar-refractivity contribution in [1.29, 1.82) is 0 Å².